The Hall–Kier alpha value is -3.17. The summed E-state index contributed by atoms with van der Waals surface area (Å²) >= 11 is 0. The molecule has 0 saturated heterocycles. The van der Waals surface area contributed by atoms with Crippen LogP contribution in [0.5, 0.6) is 5.88 Å². The maximum Gasteiger partial charge on any atom is 0.408 e. The van der Waals surface area contributed by atoms with Crippen molar-refractivity contribution in [3.8, 4) is 5.88 Å². The van der Waals surface area contributed by atoms with Crippen molar-refractivity contribution in [2.24, 2.45) is 0 Å². The Morgan fingerprint density at radius 1 is 1.32 bits per heavy atom. The van der Waals surface area contributed by atoms with Crippen LogP contribution in [0.3, 0.4) is 0 Å². The van der Waals surface area contributed by atoms with Crippen LogP contribution in [0.4, 0.5) is 10.6 Å². The van der Waals surface area contributed by atoms with Gasteiger partial charge in [0.2, 0.25) is 11.8 Å². The fourth-order valence-corrected chi connectivity index (χ4v) is 4.63. The minimum atomic E-state index is -0.816. The zero-order chi connectivity index (χ0) is 22.0. The zero-order valence-corrected chi connectivity index (χ0v) is 17.8. The number of nitrogens with one attached hydrogen (secondary N) is 2. The van der Waals surface area contributed by atoms with E-state index in [4.69, 9.17) is 4.74 Å². The Balaban J connectivity index is 1.34. The lowest BCUT2D eigenvalue weighted by molar-refractivity contribution is -0.115. The minimum Gasteiger partial charge on any atom is -0.480 e. The van der Waals surface area contributed by atoms with Crippen LogP contribution in [0.25, 0.3) is 0 Å². The van der Waals surface area contributed by atoms with Gasteiger partial charge in [0.25, 0.3) is 0 Å². The van der Waals surface area contributed by atoms with Crippen LogP contribution in [-0.4, -0.2) is 60.9 Å². The number of H-pyrrole nitrogens is 1. The lowest BCUT2D eigenvalue weighted by atomic mass is 10.0. The molecule has 2 unspecified atom stereocenters. The fraction of sp³-hybridized carbons (Fsp3) is 0.571. The van der Waals surface area contributed by atoms with Gasteiger partial charge in [-0.15, -0.1) is 0 Å². The highest BCUT2D eigenvalue weighted by Crippen LogP contribution is 2.49. The summed E-state index contributed by atoms with van der Waals surface area (Å²) in [7, 11) is 1.51. The maximum atomic E-state index is 12.3. The van der Waals surface area contributed by atoms with Crippen molar-refractivity contribution in [3.05, 3.63) is 29.8 Å². The molecule has 2 heterocycles. The van der Waals surface area contributed by atoms with Gasteiger partial charge in [0.05, 0.1) is 31.6 Å². The fourth-order valence-electron chi connectivity index (χ4n) is 4.63. The lowest BCUT2D eigenvalue weighted by Gasteiger charge is -2.34. The minimum absolute atomic E-state index is 0.0277. The van der Waals surface area contributed by atoms with Gasteiger partial charge in [-0.1, -0.05) is 6.92 Å². The van der Waals surface area contributed by atoms with Gasteiger partial charge < -0.3 is 15.2 Å². The summed E-state index contributed by atoms with van der Waals surface area (Å²) in [5, 5.41) is 19.8. The normalized spacial score (nSPS) is 21.5. The maximum absolute atomic E-state index is 12.3. The van der Waals surface area contributed by atoms with E-state index in [2.05, 4.69) is 32.4 Å². The first-order valence-corrected chi connectivity index (χ1v) is 10.7. The van der Waals surface area contributed by atoms with E-state index in [9.17, 15) is 14.7 Å². The first kappa shape index (κ1) is 21.1. The molecule has 0 radical (unpaired) electrons. The zero-order valence-electron chi connectivity index (χ0n) is 17.8. The lowest BCUT2D eigenvalue weighted by Crippen LogP contribution is -2.47. The van der Waals surface area contributed by atoms with Gasteiger partial charge in [-0.3, -0.25) is 19.8 Å². The summed E-state index contributed by atoms with van der Waals surface area (Å²) in [4.78, 5) is 34.1. The third-order valence-electron chi connectivity index (χ3n) is 6.51. The standard InChI is InChI=1S/C21H28N6O4/c1-3-21(6-7-21)27(20(29)30)15-5-4-13(8-15)16-10-17(26-25-16)24-18(28)9-14-11-23-19(31-2)12-22-14/h10-13,15H,3-9H2,1-2H3,(H,29,30)(H2,24,25,26,28). The molecule has 10 heteroatoms. The van der Waals surface area contributed by atoms with Crippen LogP contribution in [0.2, 0.25) is 0 Å². The number of aromatic amines is 1. The third-order valence-corrected chi connectivity index (χ3v) is 6.51. The Labute approximate surface area is 180 Å². The number of hydrogen-bond acceptors (Lipinski definition) is 6. The monoisotopic (exact) mass is 428 g/mol. The van der Waals surface area contributed by atoms with Gasteiger partial charge in [-0.25, -0.2) is 9.78 Å². The molecule has 0 bridgehead atoms. The van der Waals surface area contributed by atoms with Gasteiger partial charge in [-0.05, 0) is 38.5 Å². The van der Waals surface area contributed by atoms with Crippen LogP contribution in [0, 0.1) is 0 Å². The number of rotatable bonds is 8. The molecule has 2 aromatic rings. The van der Waals surface area contributed by atoms with Crippen LogP contribution in [0.1, 0.15) is 62.8 Å². The predicted octanol–water partition coefficient (Wildman–Crippen LogP) is 2.95. The molecule has 0 spiro atoms. The van der Waals surface area contributed by atoms with Crippen molar-refractivity contribution in [1.82, 2.24) is 25.1 Å². The van der Waals surface area contributed by atoms with Gasteiger partial charge in [-0.2, -0.15) is 5.10 Å². The second kappa shape index (κ2) is 8.52. The average molecular weight is 428 g/mol. The van der Waals surface area contributed by atoms with E-state index in [1.165, 1.54) is 19.5 Å². The summed E-state index contributed by atoms with van der Waals surface area (Å²) in [6.07, 6.45) is 7.51. The molecule has 10 nitrogen and oxygen atoms in total. The number of ether oxygens (including phenoxy) is 1. The predicted molar refractivity (Wildman–Crippen MR) is 112 cm³/mol. The average Bonchev–Trinajstić information content (AvgIpc) is 3.15. The topological polar surface area (TPSA) is 133 Å². The summed E-state index contributed by atoms with van der Waals surface area (Å²) in [6.45, 7) is 2.07. The van der Waals surface area contributed by atoms with Crippen molar-refractivity contribution < 1.29 is 19.4 Å². The van der Waals surface area contributed by atoms with Gasteiger partial charge in [0, 0.05) is 29.3 Å². The molecule has 2 fully saturated rings. The number of carboxylic acid groups (broad SMARTS) is 1. The highest BCUT2D eigenvalue weighted by Gasteiger charge is 2.52. The largest absolute Gasteiger partial charge is 0.480 e. The van der Waals surface area contributed by atoms with Crippen molar-refractivity contribution in [2.45, 2.75) is 69.4 Å². The van der Waals surface area contributed by atoms with Crippen LogP contribution in [0.15, 0.2) is 18.5 Å². The molecule has 166 valence electrons. The Kier molecular flexibility index (Phi) is 5.79. The summed E-state index contributed by atoms with van der Waals surface area (Å²) in [6, 6.07) is 1.86. The highest BCUT2D eigenvalue weighted by molar-refractivity contribution is 5.91. The Bertz CT molecular complexity index is 940. The highest BCUT2D eigenvalue weighted by atomic mass is 16.5. The molecule has 2 aliphatic carbocycles. The van der Waals surface area contributed by atoms with E-state index in [0.717, 1.165) is 44.2 Å². The summed E-state index contributed by atoms with van der Waals surface area (Å²) in [5.74, 6) is 0.804. The number of carbonyl (C=O) groups excluding carboxylic acids is 1. The molecular weight excluding hydrogens is 400 g/mol. The van der Waals surface area contributed by atoms with Crippen molar-refractivity contribution in [1.29, 1.82) is 0 Å². The number of aromatic nitrogens is 4. The second-order valence-corrected chi connectivity index (χ2v) is 8.38. The number of amides is 2. The second-order valence-electron chi connectivity index (χ2n) is 8.38. The van der Waals surface area contributed by atoms with Gasteiger partial charge in [0.15, 0.2) is 5.82 Å². The molecule has 3 N–H and O–H groups in total. The van der Waals surface area contributed by atoms with E-state index in [0.29, 0.717) is 17.4 Å². The quantitative estimate of drug-likeness (QED) is 0.588. The van der Waals surface area contributed by atoms with E-state index in [1.807, 2.05) is 6.07 Å². The number of carbonyl (C=O) groups is 2. The van der Waals surface area contributed by atoms with Gasteiger partial charge >= 0.3 is 6.09 Å². The third kappa shape index (κ3) is 4.47. The SMILES string of the molecule is CCC1(N(C(=O)O)C2CCC(c3cc(NC(=O)Cc4cnc(OC)cn4)n[nH]3)C2)CC1. The molecule has 2 amide bonds. The molecule has 31 heavy (non-hydrogen) atoms. The van der Waals surface area contributed by atoms with Crippen LogP contribution in [-0.2, 0) is 11.2 Å². The van der Waals surface area contributed by atoms with E-state index < -0.39 is 6.09 Å². The number of methoxy groups -OCH3 is 1. The summed E-state index contributed by atoms with van der Waals surface area (Å²) in [5.41, 5.74) is 1.29. The number of nitrogens with zero attached hydrogens (tertiary/aromatic N) is 4. The Morgan fingerprint density at radius 3 is 2.74 bits per heavy atom. The van der Waals surface area contributed by atoms with Crippen LogP contribution >= 0.6 is 0 Å². The molecule has 0 aliphatic heterocycles. The molecule has 2 aliphatic rings. The first-order chi connectivity index (χ1) is 14.9. The van der Waals surface area contributed by atoms with Crippen LogP contribution < -0.4 is 10.1 Å². The van der Waals surface area contributed by atoms with Gasteiger partial charge in [0.1, 0.15) is 0 Å². The molecular formula is C21H28N6O4. The number of anilines is 1. The molecule has 2 aromatic heterocycles. The smallest absolute Gasteiger partial charge is 0.408 e. The van der Waals surface area contributed by atoms with Crippen molar-refractivity contribution in [2.75, 3.05) is 12.4 Å². The van der Waals surface area contributed by atoms with Crippen molar-refractivity contribution in [3.63, 3.8) is 0 Å². The molecule has 0 aromatic carbocycles. The Morgan fingerprint density at radius 2 is 2.13 bits per heavy atom. The molecule has 2 atom stereocenters. The summed E-state index contributed by atoms with van der Waals surface area (Å²) < 4.78 is 4.96. The molecule has 2 saturated carbocycles. The van der Waals surface area contributed by atoms with E-state index in [1.54, 1.807) is 4.90 Å². The van der Waals surface area contributed by atoms with E-state index >= 15 is 0 Å². The first-order valence-electron chi connectivity index (χ1n) is 10.7. The van der Waals surface area contributed by atoms with E-state index in [-0.39, 0.29) is 29.8 Å². The number of hydrogen-bond donors (Lipinski definition) is 3. The molecule has 4 rings (SSSR count). The van der Waals surface area contributed by atoms with Crippen molar-refractivity contribution >= 4 is 17.8 Å².